The third-order valence-electron chi connectivity index (χ3n) is 10.4. The second-order valence-electron chi connectivity index (χ2n) is 16.6. The van der Waals surface area contributed by atoms with Gasteiger partial charge in [-0.05, 0) is 89.2 Å². The van der Waals surface area contributed by atoms with Gasteiger partial charge in [-0.2, -0.15) is 9.29 Å². The van der Waals surface area contributed by atoms with Crippen molar-refractivity contribution in [1.29, 1.82) is 0 Å². The van der Waals surface area contributed by atoms with Gasteiger partial charge in [-0.1, -0.05) is 119 Å². The first-order valence-corrected chi connectivity index (χ1v) is 27.5. The summed E-state index contributed by atoms with van der Waals surface area (Å²) < 4.78 is 56.4. The number of unbranched alkanes of at least 4 members (excludes halogenated alkanes) is 8. The minimum absolute atomic E-state index is 0.0512. The third kappa shape index (κ3) is 30.3. The van der Waals surface area contributed by atoms with Crippen LogP contribution in [0.3, 0.4) is 0 Å². The zero-order valence-electron chi connectivity index (χ0n) is 41.2. The number of aliphatic hydroxyl groups excluding tert-OH is 2. The van der Waals surface area contributed by atoms with Crippen LogP contribution in [0, 0.1) is 0 Å². The number of nitrogens with zero attached hydrogens (tertiary/aromatic N) is 2. The maximum Gasteiger partial charge on any atom is 0.481 e. The predicted octanol–water partition coefficient (Wildman–Crippen LogP) is 9.06. The number of aromatic nitrogens is 2. The van der Waals surface area contributed by atoms with Crippen LogP contribution in [0.15, 0.2) is 102 Å². The quantitative estimate of drug-likeness (QED) is 0.0103. The van der Waals surface area contributed by atoms with Gasteiger partial charge >= 0.3 is 33.3 Å². The number of carbonyl (C=O) groups excluding carboxylic acids is 3. The lowest BCUT2D eigenvalue weighted by Gasteiger charge is -2.21. The summed E-state index contributed by atoms with van der Waals surface area (Å²) in [6.07, 6.45) is 35.4. The van der Waals surface area contributed by atoms with E-state index in [1.807, 2.05) is 24.3 Å². The van der Waals surface area contributed by atoms with Gasteiger partial charge in [-0.3, -0.25) is 28.0 Å². The normalized spacial score (nSPS) is 19.8. The van der Waals surface area contributed by atoms with Crippen molar-refractivity contribution in [2.75, 3.05) is 25.6 Å². The van der Waals surface area contributed by atoms with E-state index in [1.165, 1.54) is 50.7 Å². The number of allylic oxidation sites excluding steroid dienone is 14. The van der Waals surface area contributed by atoms with E-state index in [1.54, 1.807) is 12.2 Å². The van der Waals surface area contributed by atoms with Crippen LogP contribution in [-0.2, 0) is 51.1 Å². The van der Waals surface area contributed by atoms with Gasteiger partial charge in [0.05, 0.1) is 13.2 Å². The van der Waals surface area contributed by atoms with Crippen molar-refractivity contribution in [3.8, 4) is 0 Å². The molecule has 1 aromatic rings. The van der Waals surface area contributed by atoms with Gasteiger partial charge in [0, 0.05) is 25.5 Å². The van der Waals surface area contributed by atoms with Crippen molar-refractivity contribution in [1.82, 2.24) is 9.55 Å². The fourth-order valence-corrected chi connectivity index (χ4v) is 8.68. The highest BCUT2D eigenvalue weighted by Crippen LogP contribution is 2.60. The van der Waals surface area contributed by atoms with E-state index in [9.17, 15) is 48.3 Å². The monoisotopic (exact) mass is 1040 g/mol. The highest BCUT2D eigenvalue weighted by atomic mass is 31.3. The molecule has 7 atom stereocenters. The van der Waals surface area contributed by atoms with Gasteiger partial charge in [-0.15, -0.1) is 0 Å². The lowest BCUT2D eigenvalue weighted by molar-refractivity contribution is -0.161. The number of hydrogen-bond acceptors (Lipinski definition) is 16. The Morgan fingerprint density at radius 2 is 1.27 bits per heavy atom. The number of ether oxygens (including phenoxy) is 3. The van der Waals surface area contributed by atoms with Gasteiger partial charge in [0.1, 0.15) is 30.7 Å². The molecule has 0 amide bonds. The fraction of sp³-hybridized carbons (Fsp3) is 0.580. The number of phosphoric acid groups is 2. The maximum atomic E-state index is 12.8. The second kappa shape index (κ2) is 37.4. The molecule has 71 heavy (non-hydrogen) atoms. The molecule has 0 bridgehead atoms. The van der Waals surface area contributed by atoms with Crippen molar-refractivity contribution in [2.45, 2.75) is 166 Å². The Kier molecular flexibility index (Phi) is 33.0. The summed E-state index contributed by atoms with van der Waals surface area (Å²) >= 11 is 0. The predicted molar refractivity (Wildman–Crippen MR) is 270 cm³/mol. The molecule has 398 valence electrons. The minimum Gasteiger partial charge on any atom is -0.462 e. The van der Waals surface area contributed by atoms with E-state index in [2.05, 4.69) is 65.7 Å². The van der Waals surface area contributed by atoms with Crippen LogP contribution in [0.5, 0.6) is 0 Å². The van der Waals surface area contributed by atoms with Gasteiger partial charge in [-0.25, -0.2) is 13.9 Å². The Bertz CT molecular complexity index is 2080. The molecular formula is C50H77N3O16P2. The van der Waals surface area contributed by atoms with Crippen LogP contribution in [0.4, 0.5) is 5.82 Å². The number of aliphatic hydroxyl groups is 2. The van der Waals surface area contributed by atoms with Crippen molar-refractivity contribution in [3.63, 3.8) is 0 Å². The van der Waals surface area contributed by atoms with Crippen LogP contribution < -0.4 is 11.4 Å². The van der Waals surface area contributed by atoms with Crippen molar-refractivity contribution >= 4 is 39.2 Å². The Labute approximate surface area is 418 Å². The molecule has 1 aliphatic heterocycles. The Hall–Kier alpha value is -4.39. The number of ketones is 1. The standard InChI is InChI=1S/C50H77N3O16P2/c1-3-5-7-9-11-13-15-17-18-20-22-24-26-28-30-34-46(56)67-42(38-64-45(55)35-31-33-41(54)32-29-27-25-23-21-19-16-14-12-10-8-6-4-2)39-65-70(60,61)69-71(62,63)66-40-43-47(57)48(58)49(68-43)53-37-36-44(51)52-50(53)59/h11-14,17-19,21-22,24-25,27,29,32,36-37,42-43,47-49,57-58H,3-10,15-16,20,23,26,28,30-31,33-35,38-40H2,1-2H3,(H,60,61)(H,62,63)(H2,51,52,59)/b13-11-,14-12-,18-17-,21-19-,24-22-,27-25-,32-29+/t42-,43-,47-,48-,49-/m1/s1. The van der Waals surface area contributed by atoms with E-state index < -0.39 is 83.7 Å². The summed E-state index contributed by atoms with van der Waals surface area (Å²) in [6.45, 7) is 1.80. The van der Waals surface area contributed by atoms with Crippen LogP contribution in [0.2, 0.25) is 0 Å². The first-order valence-electron chi connectivity index (χ1n) is 24.6. The van der Waals surface area contributed by atoms with Crippen molar-refractivity contribution < 1.29 is 71.1 Å². The van der Waals surface area contributed by atoms with Crippen LogP contribution in [0.25, 0.3) is 0 Å². The first-order chi connectivity index (χ1) is 34.1. The van der Waals surface area contributed by atoms with E-state index in [-0.39, 0.29) is 37.3 Å². The Morgan fingerprint density at radius 3 is 1.86 bits per heavy atom. The van der Waals surface area contributed by atoms with Gasteiger partial charge in [0.2, 0.25) is 0 Å². The number of esters is 2. The number of rotatable bonds is 39. The number of carbonyl (C=O) groups is 3. The zero-order chi connectivity index (χ0) is 52.2. The topological polar surface area (TPSA) is 283 Å². The first kappa shape index (κ1) is 62.7. The SMILES string of the molecule is CCCCC/C=C\C/C=C\C/C=C\C=C\C(=O)CCCC(=O)OC[C@H](COP(=O)(O)OP(=O)(O)OC[C@H]1O[C@@H](n2ccc(N)nc2=O)[C@H](O)[C@@H]1O)OC(=O)CCCC/C=C\C/C=C\C/C=C\CCCCC. The van der Waals surface area contributed by atoms with Crippen molar-refractivity contribution in [3.05, 3.63) is 108 Å². The van der Waals surface area contributed by atoms with Crippen LogP contribution in [-0.4, -0.2) is 91.5 Å². The lowest BCUT2D eigenvalue weighted by atomic mass is 10.1. The molecule has 21 heteroatoms. The number of anilines is 1. The van der Waals surface area contributed by atoms with Crippen LogP contribution >= 0.6 is 15.6 Å². The molecule has 0 radical (unpaired) electrons. The summed E-state index contributed by atoms with van der Waals surface area (Å²) in [5.74, 6) is -1.83. The van der Waals surface area contributed by atoms with E-state index in [0.717, 1.165) is 49.3 Å². The molecule has 0 spiro atoms. The molecule has 19 nitrogen and oxygen atoms in total. The molecule has 1 aliphatic rings. The van der Waals surface area contributed by atoms with E-state index in [0.29, 0.717) is 19.3 Å². The second-order valence-corrected chi connectivity index (χ2v) is 19.7. The summed E-state index contributed by atoms with van der Waals surface area (Å²) in [6, 6.07) is 1.23. The summed E-state index contributed by atoms with van der Waals surface area (Å²) in [7, 11) is -11.0. The fourth-order valence-electron chi connectivity index (χ4n) is 6.57. The number of nitrogen functional groups attached to an aromatic ring is 1. The van der Waals surface area contributed by atoms with Crippen LogP contribution in [0.1, 0.15) is 142 Å². The van der Waals surface area contributed by atoms with Crippen molar-refractivity contribution in [2.24, 2.45) is 0 Å². The average Bonchev–Trinajstić information content (AvgIpc) is 3.60. The molecule has 2 heterocycles. The Morgan fingerprint density at radius 1 is 0.718 bits per heavy atom. The van der Waals surface area contributed by atoms with E-state index in [4.69, 9.17) is 29.0 Å². The summed E-state index contributed by atoms with van der Waals surface area (Å²) in [5, 5.41) is 20.9. The number of nitrogens with two attached hydrogens (primary N) is 1. The number of phosphoric ester groups is 2. The van der Waals surface area contributed by atoms with Gasteiger partial charge in [0.25, 0.3) is 0 Å². The van der Waals surface area contributed by atoms with Gasteiger partial charge < -0.3 is 39.9 Å². The maximum absolute atomic E-state index is 12.8. The molecule has 6 N–H and O–H groups in total. The average molecular weight is 1040 g/mol. The summed E-state index contributed by atoms with van der Waals surface area (Å²) in [4.78, 5) is 74.1. The molecule has 0 saturated carbocycles. The lowest BCUT2D eigenvalue weighted by Crippen LogP contribution is -2.36. The Balaban J connectivity index is 1.89. The third-order valence-corrected chi connectivity index (χ3v) is 13.0. The smallest absolute Gasteiger partial charge is 0.462 e. The molecule has 1 fully saturated rings. The molecule has 2 unspecified atom stereocenters. The number of hydrogen-bond donors (Lipinski definition) is 5. The molecule has 2 rings (SSSR count). The van der Waals surface area contributed by atoms with Gasteiger partial charge in [0.15, 0.2) is 18.1 Å². The molecule has 0 aliphatic carbocycles. The largest absolute Gasteiger partial charge is 0.481 e. The molecule has 0 aromatic carbocycles. The zero-order valence-corrected chi connectivity index (χ0v) is 43.0. The molecule has 1 saturated heterocycles. The minimum atomic E-state index is -5.49. The highest BCUT2D eigenvalue weighted by Gasteiger charge is 2.46. The van der Waals surface area contributed by atoms with E-state index >= 15 is 0 Å². The summed E-state index contributed by atoms with van der Waals surface area (Å²) in [5.41, 5.74) is 4.56. The highest BCUT2D eigenvalue weighted by molar-refractivity contribution is 7.61. The molecule has 1 aromatic heterocycles. The molecular weight excluding hydrogens is 961 g/mol.